The molecule has 4 saturated heterocycles. The van der Waals surface area contributed by atoms with Crippen molar-refractivity contribution in [3.63, 3.8) is 0 Å². The van der Waals surface area contributed by atoms with E-state index in [4.69, 9.17) is 9.47 Å². The van der Waals surface area contributed by atoms with Gasteiger partial charge in [0.15, 0.2) is 11.6 Å². The van der Waals surface area contributed by atoms with Crippen LogP contribution in [0.1, 0.15) is 25.7 Å². The smallest absolute Gasteiger partial charge is 0.835 e. The van der Waals surface area contributed by atoms with Crippen LogP contribution in [0.15, 0.2) is 62.0 Å². The van der Waals surface area contributed by atoms with Gasteiger partial charge in [0.2, 0.25) is 0 Å². The first-order chi connectivity index (χ1) is 25.4. The second-order valence-corrected chi connectivity index (χ2v) is 14.0. The molecule has 0 aliphatic carbocycles. The molecule has 0 amide bonds. The molecule has 0 saturated carbocycles. The van der Waals surface area contributed by atoms with Gasteiger partial charge in [0.05, 0.1) is 36.2 Å². The van der Waals surface area contributed by atoms with Crippen molar-refractivity contribution in [2.24, 2.45) is 10.8 Å². The minimum absolute atomic E-state index is 0. The number of aromatic nitrogens is 10. The second-order valence-electron chi connectivity index (χ2n) is 14.0. The van der Waals surface area contributed by atoms with E-state index in [1.54, 1.807) is 34.8 Å². The monoisotopic (exact) mass is 733 g/mol. The van der Waals surface area contributed by atoms with Crippen molar-refractivity contribution in [2.45, 2.75) is 38.1 Å². The first-order valence-electron chi connectivity index (χ1n) is 17.3. The van der Waals surface area contributed by atoms with Crippen molar-refractivity contribution in [1.29, 1.82) is 0 Å². The summed E-state index contributed by atoms with van der Waals surface area (Å²) in [5, 5.41) is 43.0. The average Bonchev–Trinajstić information content (AvgIpc) is 3.99. The number of nitrogens with one attached hydrogen (secondary N) is 2. The molecule has 9 radical (unpaired) electrons. The summed E-state index contributed by atoms with van der Waals surface area (Å²) in [5.74, 6) is 3.00. The summed E-state index contributed by atoms with van der Waals surface area (Å²) in [6.45, 7) is 7.36. The van der Waals surface area contributed by atoms with Crippen LogP contribution in [0.2, 0.25) is 0 Å². The fourth-order valence-electron chi connectivity index (χ4n) is 7.55. The van der Waals surface area contributed by atoms with Crippen molar-refractivity contribution in [1.82, 2.24) is 60.8 Å². The largest absolute Gasteiger partial charge is 2.00 e. The molecule has 53 heavy (non-hydrogen) atoms. The van der Waals surface area contributed by atoms with Gasteiger partial charge in [-0.1, -0.05) is 10.4 Å². The van der Waals surface area contributed by atoms with Crippen LogP contribution in [0.5, 0.6) is 0 Å². The van der Waals surface area contributed by atoms with E-state index in [2.05, 4.69) is 61.2 Å². The number of hydrogen-bond donors (Lipinski definition) is 2. The Morgan fingerprint density at radius 3 is 1.38 bits per heavy atom. The van der Waals surface area contributed by atoms with Crippen LogP contribution >= 0.6 is 0 Å². The van der Waals surface area contributed by atoms with E-state index < -0.39 is 12.5 Å². The van der Waals surface area contributed by atoms with E-state index in [9.17, 15) is 10.2 Å². The third-order valence-electron chi connectivity index (χ3n) is 10.6. The van der Waals surface area contributed by atoms with Gasteiger partial charge in [0, 0.05) is 88.0 Å². The van der Waals surface area contributed by atoms with Crippen molar-refractivity contribution in [2.75, 3.05) is 72.4 Å². The molecule has 4 aromatic rings. The normalized spacial score (nSPS) is 24.2. The zero-order chi connectivity index (χ0) is 35.1. The van der Waals surface area contributed by atoms with Crippen molar-refractivity contribution in [3.05, 3.63) is 62.0 Å². The van der Waals surface area contributed by atoms with Gasteiger partial charge in [0.25, 0.3) is 0 Å². The van der Waals surface area contributed by atoms with Crippen LogP contribution < -0.4 is 40.9 Å². The van der Waals surface area contributed by atoms with Crippen LogP contribution in [0.25, 0.3) is 11.4 Å². The van der Waals surface area contributed by atoms with Crippen LogP contribution in [-0.4, -0.2) is 145 Å². The second kappa shape index (κ2) is 15.0. The Balaban J connectivity index is 0.000000148. The quantitative estimate of drug-likeness (QED) is 0.205. The molecule has 4 aromatic heterocycles. The Bertz CT molecular complexity index is 1760. The number of hydrogen-bond acceptors (Lipinski definition) is 18. The zero-order valence-corrected chi connectivity index (χ0v) is 31.3. The molecule has 4 fully saturated rings. The number of nitrogens with zero attached hydrogens (tertiary/aromatic N) is 14. The first kappa shape index (κ1) is 35.9. The van der Waals surface area contributed by atoms with E-state index in [0.29, 0.717) is 33.9 Å². The van der Waals surface area contributed by atoms with Gasteiger partial charge in [-0.15, -0.1) is 10.2 Å². The standard InChI is InChI=1S/2C16H19N8O2.Na/c2*25-15-12(23-4-3-19-21-23)8-24(20-15)14-7-13(17-11-18-14)22-9-16(10-22)1-5-26-6-2-16;/h2*3-4,7-8,11,15,20H,1-2,5-6,9-10H2;/q2*-1;+2. The van der Waals surface area contributed by atoms with Crippen LogP contribution in [0, 0.1) is 10.8 Å². The molecule has 6 aliphatic rings. The molecule has 0 bridgehead atoms. The zero-order valence-electron chi connectivity index (χ0n) is 29.3. The van der Waals surface area contributed by atoms with Gasteiger partial charge >= 0.3 is 29.6 Å². The van der Waals surface area contributed by atoms with E-state index in [1.807, 2.05) is 12.1 Å². The van der Waals surface area contributed by atoms with Crippen molar-refractivity contribution < 1.29 is 19.7 Å². The fraction of sp³-hybridized carbons (Fsp3) is 0.500. The molecular weight excluding hydrogens is 695 g/mol. The molecule has 0 aromatic carbocycles. The minimum atomic E-state index is -1.13. The van der Waals surface area contributed by atoms with E-state index in [-0.39, 0.29) is 29.6 Å². The molecule has 20 nitrogen and oxygen atoms in total. The Labute approximate surface area is 326 Å². The molecule has 2 atom stereocenters. The van der Waals surface area contributed by atoms with Gasteiger partial charge in [-0.3, -0.25) is 10.0 Å². The first-order valence-corrected chi connectivity index (χ1v) is 17.3. The van der Waals surface area contributed by atoms with Crippen LogP contribution in [-0.2, 0) is 9.47 Å². The van der Waals surface area contributed by atoms with Gasteiger partial charge in [-0.05, 0) is 38.1 Å². The molecule has 21 heteroatoms. The van der Waals surface area contributed by atoms with Crippen LogP contribution in [0.4, 0.5) is 23.3 Å². The fourth-order valence-corrected chi connectivity index (χ4v) is 7.55. The number of anilines is 4. The SMILES string of the molecule is [Na+2].[O-]C1NN(c2cc(N3CC4(CCOCC4)C3)ncn2)C=C1n1ccnn1.[O-]C1NN(c2cc(N3CC4(CCOCC4)C3)ncn2)C=C1n1ccnn1. The Morgan fingerprint density at radius 1 is 0.604 bits per heavy atom. The summed E-state index contributed by atoms with van der Waals surface area (Å²) in [6, 6.07) is 3.79. The maximum absolute atomic E-state index is 12.3. The molecule has 10 rings (SSSR count). The predicted octanol–water partition coefficient (Wildman–Crippen LogP) is -1.99. The maximum Gasteiger partial charge on any atom is 2.00 e. The molecule has 2 unspecified atom stereocenters. The number of ether oxygens (including phenoxy) is 2. The minimum Gasteiger partial charge on any atom is -0.835 e. The summed E-state index contributed by atoms with van der Waals surface area (Å²) < 4.78 is 13.9. The van der Waals surface area contributed by atoms with Crippen LogP contribution in [0.3, 0.4) is 0 Å². The van der Waals surface area contributed by atoms with Gasteiger partial charge in [-0.25, -0.2) is 40.2 Å². The predicted molar refractivity (Wildman–Crippen MR) is 187 cm³/mol. The molecule has 2 spiro atoms. The number of rotatable bonds is 6. The Hall–Kier alpha value is -4.12. The van der Waals surface area contributed by atoms with Gasteiger partial charge in [-0.2, -0.15) is 0 Å². The van der Waals surface area contributed by atoms with Gasteiger partial charge < -0.3 is 29.5 Å². The molecule has 10 heterocycles. The molecule has 2 N–H and O–H groups in total. The van der Waals surface area contributed by atoms with Crippen molar-refractivity contribution in [3.8, 4) is 0 Å². The van der Waals surface area contributed by atoms with Crippen molar-refractivity contribution >= 4 is 64.2 Å². The molecular formula is C32H38N16NaO4. The Morgan fingerprint density at radius 2 is 1.00 bits per heavy atom. The summed E-state index contributed by atoms with van der Waals surface area (Å²) in [7, 11) is 0. The summed E-state index contributed by atoms with van der Waals surface area (Å²) in [4.78, 5) is 21.9. The summed E-state index contributed by atoms with van der Waals surface area (Å²) >= 11 is 0. The average molecular weight is 734 g/mol. The third-order valence-corrected chi connectivity index (χ3v) is 10.6. The van der Waals surface area contributed by atoms with E-state index in [0.717, 1.165) is 89.9 Å². The maximum atomic E-state index is 12.3. The summed E-state index contributed by atoms with van der Waals surface area (Å²) in [5.41, 5.74) is 7.35. The molecule has 271 valence electrons. The Kier molecular flexibility index (Phi) is 10.1. The third kappa shape index (κ3) is 7.25. The molecule has 6 aliphatic heterocycles. The summed E-state index contributed by atoms with van der Waals surface area (Å²) in [6.07, 6.45) is 15.0. The number of hydrazine groups is 2. The van der Waals surface area contributed by atoms with E-state index in [1.165, 1.54) is 34.4 Å². The topological polar surface area (TPSA) is 215 Å². The van der Waals surface area contributed by atoms with Gasteiger partial charge in [0.1, 0.15) is 24.3 Å². The van der Waals surface area contributed by atoms with E-state index >= 15 is 0 Å².